The van der Waals surface area contributed by atoms with Gasteiger partial charge in [0, 0.05) is 17.0 Å². The third kappa shape index (κ3) is 3.81. The standard InChI is InChI=1S/C10H21NS/c1-9(8-11)12-10-6-4-2-3-5-7-10/h9-10H,2-8,11H2,1H3. The minimum Gasteiger partial charge on any atom is -0.329 e. The Kier molecular flexibility index (Phi) is 5.08. The van der Waals surface area contributed by atoms with Crippen molar-refractivity contribution in [3.05, 3.63) is 0 Å². The highest BCUT2D eigenvalue weighted by atomic mass is 32.2. The van der Waals surface area contributed by atoms with Crippen molar-refractivity contribution >= 4 is 11.8 Å². The summed E-state index contributed by atoms with van der Waals surface area (Å²) in [4.78, 5) is 0. The van der Waals surface area contributed by atoms with Crippen LogP contribution in [0.25, 0.3) is 0 Å². The van der Waals surface area contributed by atoms with E-state index >= 15 is 0 Å². The normalized spacial score (nSPS) is 23.5. The molecule has 1 unspecified atom stereocenters. The van der Waals surface area contributed by atoms with Crippen molar-refractivity contribution in [2.24, 2.45) is 5.73 Å². The highest BCUT2D eigenvalue weighted by Gasteiger charge is 2.14. The van der Waals surface area contributed by atoms with Gasteiger partial charge >= 0.3 is 0 Å². The Labute approximate surface area is 80.5 Å². The number of nitrogens with two attached hydrogens (primary N) is 1. The molecule has 1 aliphatic carbocycles. The Morgan fingerprint density at radius 2 is 1.83 bits per heavy atom. The Morgan fingerprint density at radius 3 is 2.33 bits per heavy atom. The first-order chi connectivity index (χ1) is 5.83. The number of hydrogen-bond acceptors (Lipinski definition) is 2. The molecule has 0 radical (unpaired) electrons. The molecule has 0 saturated heterocycles. The highest BCUT2D eigenvalue weighted by Crippen LogP contribution is 2.29. The van der Waals surface area contributed by atoms with Gasteiger partial charge in [-0.1, -0.05) is 32.6 Å². The summed E-state index contributed by atoms with van der Waals surface area (Å²) in [5.74, 6) is 0. The van der Waals surface area contributed by atoms with Crippen molar-refractivity contribution < 1.29 is 0 Å². The predicted octanol–water partition coefficient (Wildman–Crippen LogP) is 2.79. The van der Waals surface area contributed by atoms with Crippen molar-refractivity contribution in [1.82, 2.24) is 0 Å². The molecular formula is C10H21NS. The summed E-state index contributed by atoms with van der Waals surface area (Å²) >= 11 is 2.11. The van der Waals surface area contributed by atoms with Crippen LogP contribution in [-0.4, -0.2) is 17.0 Å². The van der Waals surface area contributed by atoms with Gasteiger partial charge < -0.3 is 5.73 Å². The molecule has 1 fully saturated rings. The fraction of sp³-hybridized carbons (Fsp3) is 1.00. The molecule has 72 valence electrons. The lowest BCUT2D eigenvalue weighted by atomic mass is 10.2. The minimum absolute atomic E-state index is 0.660. The van der Waals surface area contributed by atoms with Crippen LogP contribution in [0.1, 0.15) is 45.4 Å². The molecule has 0 aromatic rings. The van der Waals surface area contributed by atoms with Crippen LogP contribution in [0, 0.1) is 0 Å². The zero-order valence-electron chi connectivity index (χ0n) is 8.09. The molecule has 0 spiro atoms. The maximum atomic E-state index is 5.61. The average molecular weight is 187 g/mol. The lowest BCUT2D eigenvalue weighted by Gasteiger charge is -2.17. The summed E-state index contributed by atoms with van der Waals surface area (Å²) in [5, 5.41) is 1.57. The van der Waals surface area contributed by atoms with E-state index in [9.17, 15) is 0 Å². The smallest absolute Gasteiger partial charge is 0.0144 e. The first kappa shape index (κ1) is 10.4. The van der Waals surface area contributed by atoms with E-state index in [1.807, 2.05) is 0 Å². The fourth-order valence-electron chi connectivity index (χ4n) is 1.76. The second-order valence-corrected chi connectivity index (χ2v) is 5.54. The Hall–Kier alpha value is 0.310. The number of hydrogen-bond donors (Lipinski definition) is 1. The first-order valence-corrected chi connectivity index (χ1v) is 6.12. The van der Waals surface area contributed by atoms with Crippen LogP contribution in [0.4, 0.5) is 0 Å². The van der Waals surface area contributed by atoms with E-state index in [0.29, 0.717) is 5.25 Å². The van der Waals surface area contributed by atoms with E-state index in [1.54, 1.807) is 0 Å². The van der Waals surface area contributed by atoms with Gasteiger partial charge in [-0.15, -0.1) is 0 Å². The summed E-state index contributed by atoms with van der Waals surface area (Å²) in [6, 6.07) is 0. The lowest BCUT2D eigenvalue weighted by molar-refractivity contribution is 0.702. The van der Waals surface area contributed by atoms with Gasteiger partial charge in [0.05, 0.1) is 0 Å². The molecule has 0 aromatic heterocycles. The van der Waals surface area contributed by atoms with Crippen LogP contribution in [-0.2, 0) is 0 Å². The SMILES string of the molecule is CC(CN)SC1CCCCCC1. The van der Waals surface area contributed by atoms with E-state index in [1.165, 1.54) is 38.5 Å². The Bertz CT molecular complexity index is 108. The Balaban J connectivity index is 2.20. The van der Waals surface area contributed by atoms with Gasteiger partial charge in [-0.05, 0) is 12.8 Å². The fourth-order valence-corrected chi connectivity index (χ4v) is 3.14. The number of rotatable bonds is 3. The van der Waals surface area contributed by atoms with Crippen LogP contribution >= 0.6 is 11.8 Å². The summed E-state index contributed by atoms with van der Waals surface area (Å²) in [5.41, 5.74) is 5.61. The van der Waals surface area contributed by atoms with Gasteiger partial charge in [0.25, 0.3) is 0 Å². The monoisotopic (exact) mass is 187 g/mol. The molecule has 12 heavy (non-hydrogen) atoms. The van der Waals surface area contributed by atoms with Crippen molar-refractivity contribution in [1.29, 1.82) is 0 Å². The van der Waals surface area contributed by atoms with E-state index in [0.717, 1.165) is 11.8 Å². The predicted molar refractivity (Wildman–Crippen MR) is 57.6 cm³/mol. The van der Waals surface area contributed by atoms with E-state index in [-0.39, 0.29) is 0 Å². The maximum Gasteiger partial charge on any atom is 0.0144 e. The molecule has 1 rings (SSSR count). The van der Waals surface area contributed by atoms with Crippen LogP contribution < -0.4 is 5.73 Å². The molecule has 1 nitrogen and oxygen atoms in total. The minimum atomic E-state index is 0.660. The van der Waals surface area contributed by atoms with Crippen LogP contribution in [0.2, 0.25) is 0 Å². The van der Waals surface area contributed by atoms with Crippen molar-refractivity contribution in [3.63, 3.8) is 0 Å². The van der Waals surface area contributed by atoms with Gasteiger partial charge in [-0.25, -0.2) is 0 Å². The average Bonchev–Trinajstić information content (AvgIpc) is 2.33. The largest absolute Gasteiger partial charge is 0.329 e. The maximum absolute atomic E-state index is 5.61. The van der Waals surface area contributed by atoms with E-state index < -0.39 is 0 Å². The van der Waals surface area contributed by atoms with Crippen molar-refractivity contribution in [2.45, 2.75) is 55.9 Å². The summed E-state index contributed by atoms with van der Waals surface area (Å²) < 4.78 is 0. The molecule has 0 bridgehead atoms. The molecule has 0 aliphatic heterocycles. The first-order valence-electron chi connectivity index (χ1n) is 5.18. The third-order valence-corrected chi connectivity index (χ3v) is 4.07. The van der Waals surface area contributed by atoms with Gasteiger partial charge in [-0.2, -0.15) is 11.8 Å². The second-order valence-electron chi connectivity index (χ2n) is 3.80. The quantitative estimate of drug-likeness (QED) is 0.688. The molecule has 2 N–H and O–H groups in total. The van der Waals surface area contributed by atoms with Crippen LogP contribution in [0.3, 0.4) is 0 Å². The van der Waals surface area contributed by atoms with Crippen LogP contribution in [0.5, 0.6) is 0 Å². The van der Waals surface area contributed by atoms with Gasteiger partial charge in [-0.3, -0.25) is 0 Å². The van der Waals surface area contributed by atoms with Gasteiger partial charge in [0.2, 0.25) is 0 Å². The molecule has 1 saturated carbocycles. The van der Waals surface area contributed by atoms with E-state index in [4.69, 9.17) is 5.73 Å². The molecule has 1 atom stereocenters. The Morgan fingerprint density at radius 1 is 1.25 bits per heavy atom. The molecule has 0 heterocycles. The summed E-state index contributed by atoms with van der Waals surface area (Å²) in [6.45, 7) is 3.08. The van der Waals surface area contributed by atoms with Crippen molar-refractivity contribution in [2.75, 3.05) is 6.54 Å². The zero-order valence-corrected chi connectivity index (χ0v) is 8.91. The molecule has 0 amide bonds. The van der Waals surface area contributed by atoms with Crippen molar-refractivity contribution in [3.8, 4) is 0 Å². The topological polar surface area (TPSA) is 26.0 Å². The second kappa shape index (κ2) is 5.87. The zero-order chi connectivity index (χ0) is 8.81. The molecule has 0 aromatic carbocycles. The van der Waals surface area contributed by atoms with Gasteiger partial charge in [0.15, 0.2) is 0 Å². The van der Waals surface area contributed by atoms with Crippen LogP contribution in [0.15, 0.2) is 0 Å². The summed E-state index contributed by atoms with van der Waals surface area (Å²) in [6.07, 6.45) is 8.63. The van der Waals surface area contributed by atoms with E-state index in [2.05, 4.69) is 18.7 Å². The lowest BCUT2D eigenvalue weighted by Crippen LogP contribution is -2.16. The third-order valence-electron chi connectivity index (χ3n) is 2.56. The summed E-state index contributed by atoms with van der Waals surface area (Å²) in [7, 11) is 0. The molecule has 2 heteroatoms. The highest BCUT2D eigenvalue weighted by molar-refractivity contribution is 8.00. The van der Waals surface area contributed by atoms with Gasteiger partial charge in [0.1, 0.15) is 0 Å². The molecular weight excluding hydrogens is 166 g/mol. The number of thioether (sulfide) groups is 1. The molecule has 1 aliphatic rings.